The van der Waals surface area contributed by atoms with Gasteiger partial charge in [-0.05, 0) is 6.07 Å². The molecule has 0 saturated carbocycles. The van der Waals surface area contributed by atoms with Crippen LogP contribution in [0, 0.1) is 0 Å². The molecule has 5 heteroatoms. The molecule has 0 fully saturated rings. The molecule has 18 heavy (non-hydrogen) atoms. The fourth-order valence-electron chi connectivity index (χ4n) is 2.03. The summed E-state index contributed by atoms with van der Waals surface area (Å²) in [4.78, 5) is 11.2. The molecule has 0 radical (unpaired) electrons. The number of benzene rings is 1. The minimum atomic E-state index is -1.58. The molecule has 2 aromatic rings. The van der Waals surface area contributed by atoms with Crippen LogP contribution in [0.3, 0.4) is 0 Å². The maximum Gasteiger partial charge on any atom is 0.337 e. The molecular weight excluding hydrogens is 234 g/mol. The Morgan fingerprint density at radius 1 is 1.33 bits per heavy atom. The zero-order valence-electron chi connectivity index (χ0n) is 10.2. The van der Waals surface area contributed by atoms with E-state index in [-0.39, 0.29) is 0 Å². The van der Waals surface area contributed by atoms with Crippen LogP contribution in [0.25, 0.3) is 10.9 Å². The largest absolute Gasteiger partial charge is 0.467 e. The highest BCUT2D eigenvalue weighted by atomic mass is 16.5. The molecule has 1 aromatic carbocycles. The first-order valence-electron chi connectivity index (χ1n) is 5.54. The van der Waals surface area contributed by atoms with Gasteiger partial charge in [-0.15, -0.1) is 0 Å². The van der Waals surface area contributed by atoms with Crippen LogP contribution in [0.1, 0.15) is 11.7 Å². The number of hydrogen-bond acceptors (Lipinski definition) is 4. The van der Waals surface area contributed by atoms with Gasteiger partial charge in [0.15, 0.2) is 6.10 Å². The van der Waals surface area contributed by atoms with Crippen molar-refractivity contribution < 1.29 is 19.7 Å². The van der Waals surface area contributed by atoms with Crippen LogP contribution in [0.2, 0.25) is 0 Å². The number of rotatable bonds is 3. The predicted octanol–water partition coefficient (Wildman–Crippen LogP) is 0.746. The SMILES string of the molecule is COC(=O)C(O)C(O)c1cn(C)c2ccccc12. The van der Waals surface area contributed by atoms with Gasteiger partial charge in [0, 0.05) is 29.7 Å². The van der Waals surface area contributed by atoms with Gasteiger partial charge in [-0.1, -0.05) is 18.2 Å². The van der Waals surface area contributed by atoms with E-state index in [4.69, 9.17) is 0 Å². The zero-order valence-corrected chi connectivity index (χ0v) is 10.2. The number of para-hydroxylation sites is 1. The average molecular weight is 249 g/mol. The first kappa shape index (κ1) is 12.6. The summed E-state index contributed by atoms with van der Waals surface area (Å²) < 4.78 is 6.25. The number of carbonyl (C=O) groups is 1. The molecule has 0 aliphatic carbocycles. The molecule has 96 valence electrons. The third-order valence-corrected chi connectivity index (χ3v) is 2.99. The maximum atomic E-state index is 11.2. The lowest BCUT2D eigenvalue weighted by molar-refractivity contribution is -0.156. The van der Waals surface area contributed by atoms with Crippen molar-refractivity contribution in [3.8, 4) is 0 Å². The minimum Gasteiger partial charge on any atom is -0.467 e. The van der Waals surface area contributed by atoms with E-state index in [0.717, 1.165) is 10.9 Å². The number of fused-ring (bicyclic) bond motifs is 1. The molecule has 2 unspecified atom stereocenters. The Morgan fingerprint density at radius 2 is 2.00 bits per heavy atom. The van der Waals surface area contributed by atoms with Crippen LogP contribution in [-0.2, 0) is 16.6 Å². The van der Waals surface area contributed by atoms with Crippen molar-refractivity contribution in [3.63, 3.8) is 0 Å². The smallest absolute Gasteiger partial charge is 0.337 e. The summed E-state index contributed by atoms with van der Waals surface area (Å²) >= 11 is 0. The first-order valence-corrected chi connectivity index (χ1v) is 5.54. The van der Waals surface area contributed by atoms with E-state index < -0.39 is 18.2 Å². The standard InChI is InChI=1S/C13H15NO4/c1-14-7-9(8-5-3-4-6-10(8)14)11(15)12(16)13(17)18-2/h3-7,11-12,15-16H,1-2H3. The molecule has 2 N–H and O–H groups in total. The van der Waals surface area contributed by atoms with Gasteiger partial charge in [0.05, 0.1) is 7.11 Å². The average Bonchev–Trinajstić information content (AvgIpc) is 2.74. The number of carbonyl (C=O) groups excluding carboxylic acids is 1. The molecular formula is C13H15NO4. The molecule has 1 heterocycles. The molecule has 1 aromatic heterocycles. The lowest BCUT2D eigenvalue weighted by Gasteiger charge is -2.14. The lowest BCUT2D eigenvalue weighted by Crippen LogP contribution is -2.28. The summed E-state index contributed by atoms with van der Waals surface area (Å²) in [7, 11) is 3.00. The molecule has 0 spiro atoms. The number of hydrogen-bond donors (Lipinski definition) is 2. The summed E-state index contributed by atoms with van der Waals surface area (Å²) in [6.07, 6.45) is -1.19. The molecule has 0 saturated heterocycles. The number of nitrogens with zero attached hydrogens (tertiary/aromatic N) is 1. The second-order valence-corrected chi connectivity index (χ2v) is 4.13. The molecule has 0 aliphatic heterocycles. The third-order valence-electron chi connectivity index (χ3n) is 2.99. The molecule has 0 aliphatic rings. The van der Waals surface area contributed by atoms with Gasteiger partial charge >= 0.3 is 5.97 Å². The lowest BCUT2D eigenvalue weighted by atomic mass is 10.0. The molecule has 2 rings (SSSR count). The van der Waals surface area contributed by atoms with Crippen molar-refractivity contribution in [2.45, 2.75) is 12.2 Å². The third kappa shape index (κ3) is 1.98. The molecule has 5 nitrogen and oxygen atoms in total. The Morgan fingerprint density at radius 3 is 2.67 bits per heavy atom. The number of methoxy groups -OCH3 is 1. The summed E-state index contributed by atoms with van der Waals surface area (Å²) in [6.45, 7) is 0. The fraction of sp³-hybridized carbons (Fsp3) is 0.308. The van der Waals surface area contributed by atoms with Crippen molar-refractivity contribution in [1.82, 2.24) is 4.57 Å². The van der Waals surface area contributed by atoms with Crippen LogP contribution >= 0.6 is 0 Å². The van der Waals surface area contributed by atoms with Crippen molar-refractivity contribution >= 4 is 16.9 Å². The van der Waals surface area contributed by atoms with E-state index in [1.165, 1.54) is 7.11 Å². The Labute approximate surface area is 104 Å². The summed E-state index contributed by atoms with van der Waals surface area (Å²) in [5.41, 5.74) is 1.43. The number of aliphatic hydroxyl groups excluding tert-OH is 2. The Balaban J connectivity index is 2.45. The van der Waals surface area contributed by atoms with Crippen molar-refractivity contribution in [2.75, 3.05) is 7.11 Å². The van der Waals surface area contributed by atoms with Crippen molar-refractivity contribution in [3.05, 3.63) is 36.0 Å². The monoisotopic (exact) mass is 249 g/mol. The molecule has 0 amide bonds. The van der Waals surface area contributed by atoms with E-state index in [1.807, 2.05) is 35.9 Å². The highest BCUT2D eigenvalue weighted by Gasteiger charge is 2.28. The van der Waals surface area contributed by atoms with Crippen LogP contribution in [0.4, 0.5) is 0 Å². The van der Waals surface area contributed by atoms with Crippen LogP contribution in [0.15, 0.2) is 30.5 Å². The van der Waals surface area contributed by atoms with Crippen molar-refractivity contribution in [1.29, 1.82) is 0 Å². The number of esters is 1. The Hall–Kier alpha value is -1.85. The Kier molecular flexibility index (Phi) is 3.36. The van der Waals surface area contributed by atoms with Gasteiger partial charge < -0.3 is 19.5 Å². The van der Waals surface area contributed by atoms with Crippen LogP contribution in [-0.4, -0.2) is 34.0 Å². The normalized spacial score (nSPS) is 14.4. The highest BCUT2D eigenvalue weighted by molar-refractivity contribution is 5.85. The fourth-order valence-corrected chi connectivity index (χ4v) is 2.03. The quantitative estimate of drug-likeness (QED) is 0.787. The molecule has 0 bridgehead atoms. The number of aryl methyl sites for hydroxylation is 1. The van der Waals surface area contributed by atoms with E-state index >= 15 is 0 Å². The van der Waals surface area contributed by atoms with E-state index in [2.05, 4.69) is 4.74 Å². The van der Waals surface area contributed by atoms with E-state index in [1.54, 1.807) is 6.20 Å². The topological polar surface area (TPSA) is 71.7 Å². The Bertz CT molecular complexity index is 575. The highest BCUT2D eigenvalue weighted by Crippen LogP contribution is 2.28. The second kappa shape index (κ2) is 4.80. The van der Waals surface area contributed by atoms with Crippen molar-refractivity contribution in [2.24, 2.45) is 7.05 Å². The van der Waals surface area contributed by atoms with Gasteiger partial charge in [0.25, 0.3) is 0 Å². The summed E-state index contributed by atoms with van der Waals surface area (Å²) in [5, 5.41) is 20.5. The second-order valence-electron chi connectivity index (χ2n) is 4.13. The maximum absolute atomic E-state index is 11.2. The van der Waals surface area contributed by atoms with E-state index in [0.29, 0.717) is 5.56 Å². The van der Waals surface area contributed by atoms with Gasteiger partial charge in [0.2, 0.25) is 0 Å². The first-order chi connectivity index (χ1) is 8.56. The van der Waals surface area contributed by atoms with E-state index in [9.17, 15) is 15.0 Å². The minimum absolute atomic E-state index is 0.506. The number of aliphatic hydroxyl groups is 2. The molecule has 2 atom stereocenters. The van der Waals surface area contributed by atoms with Gasteiger partial charge in [-0.3, -0.25) is 0 Å². The van der Waals surface area contributed by atoms with Gasteiger partial charge in [0.1, 0.15) is 6.10 Å². The van der Waals surface area contributed by atoms with Gasteiger partial charge in [-0.2, -0.15) is 0 Å². The van der Waals surface area contributed by atoms with Crippen LogP contribution in [0.5, 0.6) is 0 Å². The predicted molar refractivity (Wildman–Crippen MR) is 65.9 cm³/mol. The number of ether oxygens (including phenoxy) is 1. The van der Waals surface area contributed by atoms with Crippen LogP contribution < -0.4 is 0 Å². The zero-order chi connectivity index (χ0) is 13.3. The summed E-state index contributed by atoms with van der Waals surface area (Å²) in [5.74, 6) is -0.851. The number of aromatic nitrogens is 1. The summed E-state index contributed by atoms with van der Waals surface area (Å²) in [6, 6.07) is 7.45. The van der Waals surface area contributed by atoms with Gasteiger partial charge in [-0.25, -0.2) is 4.79 Å².